The molecule has 0 saturated carbocycles. The number of halogens is 5. The second-order valence-electron chi connectivity index (χ2n) is 2.62. The number of alkyl halides is 5. The van der Waals surface area contributed by atoms with Gasteiger partial charge in [-0.25, -0.2) is 4.79 Å². The Kier molecular flexibility index (Phi) is 4.18. The van der Waals surface area contributed by atoms with Gasteiger partial charge >= 0.3 is 24.0 Å². The van der Waals surface area contributed by atoms with Crippen LogP contribution in [0.15, 0.2) is 0 Å². The van der Waals surface area contributed by atoms with Crippen LogP contribution < -0.4 is 5.32 Å². The van der Waals surface area contributed by atoms with E-state index in [0.29, 0.717) is 0 Å². The van der Waals surface area contributed by atoms with Crippen molar-refractivity contribution in [2.75, 3.05) is 6.61 Å². The number of carboxylic acids is 1. The van der Waals surface area contributed by atoms with Crippen molar-refractivity contribution in [3.8, 4) is 0 Å². The molecule has 0 unspecified atom stereocenters. The summed E-state index contributed by atoms with van der Waals surface area (Å²) in [5.74, 6) is -10.5. The van der Waals surface area contributed by atoms with Gasteiger partial charge in [0.15, 0.2) is 6.04 Å². The largest absolute Gasteiger partial charge is 0.480 e. The van der Waals surface area contributed by atoms with Crippen molar-refractivity contribution in [2.24, 2.45) is 0 Å². The molecule has 0 radical (unpaired) electrons. The predicted molar refractivity (Wildman–Crippen MR) is 37.7 cm³/mol. The lowest BCUT2D eigenvalue weighted by Crippen LogP contribution is -2.55. The topological polar surface area (TPSA) is 86.6 Å². The van der Waals surface area contributed by atoms with Gasteiger partial charge < -0.3 is 15.5 Å². The van der Waals surface area contributed by atoms with E-state index in [0.717, 1.165) is 5.32 Å². The molecule has 0 aromatic heterocycles. The molecule has 16 heavy (non-hydrogen) atoms. The van der Waals surface area contributed by atoms with Crippen molar-refractivity contribution in [1.29, 1.82) is 0 Å². The maximum Gasteiger partial charge on any atom is 0.463 e. The molecule has 0 bridgehead atoms. The van der Waals surface area contributed by atoms with Crippen LogP contribution in [0.5, 0.6) is 0 Å². The average Bonchev–Trinajstić information content (AvgIpc) is 2.11. The van der Waals surface area contributed by atoms with E-state index >= 15 is 0 Å². The molecule has 0 aromatic rings. The molecule has 0 aliphatic rings. The van der Waals surface area contributed by atoms with Crippen molar-refractivity contribution >= 4 is 11.9 Å². The van der Waals surface area contributed by atoms with Crippen LogP contribution >= 0.6 is 0 Å². The zero-order valence-corrected chi connectivity index (χ0v) is 7.39. The number of hydrogen-bond acceptors (Lipinski definition) is 3. The number of aliphatic carboxylic acids is 1. The first kappa shape index (κ1) is 14.5. The minimum absolute atomic E-state index is 0.854. The van der Waals surface area contributed by atoms with E-state index in [4.69, 9.17) is 10.2 Å². The molecule has 1 amide bonds. The lowest BCUT2D eigenvalue weighted by molar-refractivity contribution is -0.270. The lowest BCUT2D eigenvalue weighted by atomic mass is 10.2. The van der Waals surface area contributed by atoms with Gasteiger partial charge in [0.2, 0.25) is 0 Å². The maximum atomic E-state index is 12.3. The number of rotatable bonds is 4. The highest BCUT2D eigenvalue weighted by Crippen LogP contribution is 2.35. The van der Waals surface area contributed by atoms with Gasteiger partial charge in [-0.1, -0.05) is 0 Å². The zero-order chi connectivity index (χ0) is 13.1. The van der Waals surface area contributed by atoms with Crippen LogP contribution in [-0.4, -0.2) is 46.8 Å². The molecule has 0 heterocycles. The van der Waals surface area contributed by atoms with Gasteiger partial charge in [0.25, 0.3) is 0 Å². The summed E-state index contributed by atoms with van der Waals surface area (Å²) in [5, 5.41) is 17.3. The van der Waals surface area contributed by atoms with Crippen LogP contribution in [0.4, 0.5) is 22.0 Å². The molecule has 0 rings (SSSR count). The number of carbonyl (C=O) groups is 2. The van der Waals surface area contributed by atoms with E-state index in [-0.39, 0.29) is 0 Å². The number of carbonyl (C=O) groups excluding carboxylic acids is 1. The summed E-state index contributed by atoms with van der Waals surface area (Å²) in [6.45, 7) is -1.31. The summed E-state index contributed by atoms with van der Waals surface area (Å²) in [6.07, 6.45) is -6.13. The van der Waals surface area contributed by atoms with Crippen LogP contribution in [0.3, 0.4) is 0 Å². The molecule has 0 saturated heterocycles. The molecule has 0 aliphatic carbocycles. The van der Waals surface area contributed by atoms with Crippen LogP contribution in [0.2, 0.25) is 0 Å². The van der Waals surface area contributed by atoms with Crippen molar-refractivity contribution < 1.29 is 41.8 Å². The second-order valence-corrected chi connectivity index (χ2v) is 2.62. The number of aliphatic hydroxyl groups is 1. The van der Waals surface area contributed by atoms with E-state index in [1.165, 1.54) is 0 Å². The van der Waals surface area contributed by atoms with E-state index in [9.17, 15) is 31.5 Å². The Hall–Kier alpha value is -1.45. The van der Waals surface area contributed by atoms with Crippen LogP contribution in [-0.2, 0) is 9.59 Å². The van der Waals surface area contributed by atoms with Gasteiger partial charge in [-0.15, -0.1) is 0 Å². The SMILES string of the molecule is O=C(O)[C@H](CO)NC(=O)C(F)(F)C(F)(F)F. The smallest absolute Gasteiger partial charge is 0.463 e. The van der Waals surface area contributed by atoms with E-state index in [1.807, 2.05) is 0 Å². The fraction of sp³-hybridized carbons (Fsp3) is 0.667. The van der Waals surface area contributed by atoms with Crippen LogP contribution in [0, 0.1) is 0 Å². The minimum Gasteiger partial charge on any atom is -0.480 e. The van der Waals surface area contributed by atoms with E-state index in [1.54, 1.807) is 0 Å². The highest BCUT2D eigenvalue weighted by atomic mass is 19.4. The fourth-order valence-electron chi connectivity index (χ4n) is 0.563. The third kappa shape index (κ3) is 3.02. The number of nitrogens with one attached hydrogen (secondary N) is 1. The average molecular weight is 251 g/mol. The van der Waals surface area contributed by atoms with Crippen LogP contribution in [0.1, 0.15) is 0 Å². The number of carboxylic acid groups (broad SMARTS) is 1. The first-order valence-electron chi connectivity index (χ1n) is 3.63. The molecule has 1 atom stereocenters. The second kappa shape index (κ2) is 4.60. The predicted octanol–water partition coefficient (Wildman–Crippen LogP) is -0.254. The monoisotopic (exact) mass is 251 g/mol. The Morgan fingerprint density at radius 2 is 1.62 bits per heavy atom. The van der Waals surface area contributed by atoms with E-state index in [2.05, 4.69) is 0 Å². The zero-order valence-electron chi connectivity index (χ0n) is 7.39. The number of amides is 1. The summed E-state index contributed by atoms with van der Waals surface area (Å²) in [7, 11) is 0. The fourth-order valence-corrected chi connectivity index (χ4v) is 0.563. The lowest BCUT2D eigenvalue weighted by Gasteiger charge is -2.20. The minimum atomic E-state index is -6.13. The maximum absolute atomic E-state index is 12.3. The molecule has 5 nitrogen and oxygen atoms in total. The van der Waals surface area contributed by atoms with Gasteiger partial charge in [-0.05, 0) is 0 Å². The third-order valence-electron chi connectivity index (χ3n) is 1.43. The Morgan fingerprint density at radius 3 is 1.88 bits per heavy atom. The molecule has 3 N–H and O–H groups in total. The van der Waals surface area contributed by atoms with Gasteiger partial charge in [-0.2, -0.15) is 22.0 Å². The van der Waals surface area contributed by atoms with Crippen molar-refractivity contribution in [3.63, 3.8) is 0 Å². The summed E-state index contributed by atoms with van der Waals surface area (Å²) < 4.78 is 59.4. The van der Waals surface area contributed by atoms with Crippen molar-refractivity contribution in [3.05, 3.63) is 0 Å². The van der Waals surface area contributed by atoms with Crippen molar-refractivity contribution in [1.82, 2.24) is 5.32 Å². The van der Waals surface area contributed by atoms with Gasteiger partial charge in [0.05, 0.1) is 6.61 Å². The van der Waals surface area contributed by atoms with E-state index < -0.39 is 36.6 Å². The summed E-state index contributed by atoms with van der Waals surface area (Å²) >= 11 is 0. The molecule has 10 heteroatoms. The molecular weight excluding hydrogens is 245 g/mol. The molecular formula is C6H6F5NO4. The molecule has 0 aliphatic heterocycles. The molecule has 0 fully saturated rings. The van der Waals surface area contributed by atoms with Crippen molar-refractivity contribution in [2.45, 2.75) is 18.1 Å². The summed E-state index contributed by atoms with van der Waals surface area (Å²) in [4.78, 5) is 20.6. The molecule has 0 spiro atoms. The molecule has 0 aromatic carbocycles. The van der Waals surface area contributed by atoms with Gasteiger partial charge in [-0.3, -0.25) is 4.79 Å². The Balaban J connectivity index is 4.76. The highest BCUT2D eigenvalue weighted by Gasteiger charge is 2.63. The third-order valence-corrected chi connectivity index (χ3v) is 1.43. The first-order chi connectivity index (χ1) is 7.04. The normalized spacial score (nSPS) is 14.4. The summed E-state index contributed by atoms with van der Waals surface area (Å²) in [5.41, 5.74) is 0. The van der Waals surface area contributed by atoms with Crippen LogP contribution in [0.25, 0.3) is 0 Å². The molecule has 94 valence electrons. The number of aliphatic hydroxyl groups excluding tert-OH is 1. The highest BCUT2D eigenvalue weighted by molar-refractivity contribution is 5.88. The van der Waals surface area contributed by atoms with Gasteiger partial charge in [0.1, 0.15) is 0 Å². The Morgan fingerprint density at radius 1 is 1.19 bits per heavy atom. The standard InChI is InChI=1S/C6H6F5NO4/c7-5(8,6(9,10)11)4(16)12-2(1-13)3(14)15/h2,13H,1H2,(H,12,16)(H,14,15)/t2-/m0/s1. The Bertz CT molecular complexity index is 289. The van der Waals surface area contributed by atoms with Gasteiger partial charge in [0, 0.05) is 0 Å². The Labute approximate surface area is 84.9 Å². The number of hydrogen-bond donors (Lipinski definition) is 3. The summed E-state index contributed by atoms with van der Waals surface area (Å²) in [6, 6.07) is -2.22. The first-order valence-corrected chi connectivity index (χ1v) is 3.63. The quantitative estimate of drug-likeness (QED) is 0.601.